The first-order chi connectivity index (χ1) is 15.9. The topological polar surface area (TPSA) is 78.9 Å². The number of sulfonamides is 1. The molecule has 7 nitrogen and oxygen atoms in total. The van der Waals surface area contributed by atoms with E-state index in [0.29, 0.717) is 19.6 Å². The molecule has 1 atom stereocenters. The normalized spacial score (nSPS) is 18.4. The van der Waals surface area contributed by atoms with Crippen molar-refractivity contribution < 1.29 is 17.9 Å². The molecule has 9 heteroatoms. The Morgan fingerprint density at radius 2 is 1.67 bits per heavy atom. The molecule has 0 saturated carbocycles. The van der Waals surface area contributed by atoms with E-state index < -0.39 is 10.0 Å². The van der Waals surface area contributed by atoms with Crippen LogP contribution in [0.1, 0.15) is 47.6 Å². The van der Waals surface area contributed by atoms with Crippen molar-refractivity contribution in [1.82, 2.24) is 14.5 Å². The second kappa shape index (κ2) is 10.4. The van der Waals surface area contributed by atoms with E-state index in [1.807, 2.05) is 24.3 Å². The van der Waals surface area contributed by atoms with Gasteiger partial charge in [0.2, 0.25) is 10.0 Å². The molecule has 2 heterocycles. The van der Waals surface area contributed by atoms with Gasteiger partial charge in [-0.3, -0.25) is 9.69 Å². The Kier molecular flexibility index (Phi) is 7.58. The van der Waals surface area contributed by atoms with E-state index in [1.165, 1.54) is 16.4 Å². The smallest absolute Gasteiger partial charge is 0.251 e. The molecule has 2 aromatic rings. The largest absolute Gasteiger partial charge is 0.497 e. The molecular weight excluding hydrogens is 462 g/mol. The van der Waals surface area contributed by atoms with Crippen molar-refractivity contribution in [2.24, 2.45) is 0 Å². The molecule has 2 aliphatic heterocycles. The van der Waals surface area contributed by atoms with Gasteiger partial charge in [0.05, 0.1) is 18.2 Å². The number of amides is 1. The Hall–Kier alpha value is -2.13. The van der Waals surface area contributed by atoms with E-state index >= 15 is 0 Å². The third kappa shape index (κ3) is 5.35. The highest BCUT2D eigenvalue weighted by atomic mass is 35.5. The van der Waals surface area contributed by atoms with Crippen LogP contribution >= 0.6 is 11.6 Å². The maximum Gasteiger partial charge on any atom is 0.251 e. The Morgan fingerprint density at radius 3 is 2.30 bits per heavy atom. The number of carbonyl (C=O) groups excluding carboxylic acids is 1. The minimum atomic E-state index is -3.72. The number of nitrogens with one attached hydrogen (secondary N) is 1. The summed E-state index contributed by atoms with van der Waals surface area (Å²) in [5.41, 5.74) is 1.39. The van der Waals surface area contributed by atoms with Gasteiger partial charge >= 0.3 is 0 Å². The minimum absolute atomic E-state index is 0.00929. The van der Waals surface area contributed by atoms with Crippen LogP contribution in [0.15, 0.2) is 47.4 Å². The Morgan fingerprint density at radius 1 is 1.03 bits per heavy atom. The van der Waals surface area contributed by atoms with Gasteiger partial charge in [0.15, 0.2) is 0 Å². The summed E-state index contributed by atoms with van der Waals surface area (Å²) in [5.74, 6) is 0.470. The molecule has 0 radical (unpaired) electrons. The molecule has 2 aliphatic rings. The van der Waals surface area contributed by atoms with Crippen LogP contribution in [0.4, 0.5) is 0 Å². The summed E-state index contributed by atoms with van der Waals surface area (Å²) in [4.78, 5) is 15.4. The van der Waals surface area contributed by atoms with Crippen molar-refractivity contribution in [2.75, 3.05) is 39.8 Å². The zero-order valence-electron chi connectivity index (χ0n) is 18.8. The maximum atomic E-state index is 13.0. The van der Waals surface area contributed by atoms with Crippen molar-refractivity contribution in [3.8, 4) is 5.75 Å². The number of carbonyl (C=O) groups is 1. The summed E-state index contributed by atoms with van der Waals surface area (Å²) in [7, 11) is -2.08. The SMILES string of the molecule is COc1ccc([C@@H](CNC(=O)c2ccc(Cl)c(S(=O)(=O)N3CCCC3)c2)N2CCCC2)cc1. The van der Waals surface area contributed by atoms with Gasteiger partial charge in [-0.25, -0.2) is 8.42 Å². The summed E-state index contributed by atoms with van der Waals surface area (Å²) in [6, 6.07) is 12.4. The third-order valence-corrected chi connectivity index (χ3v) is 8.79. The zero-order chi connectivity index (χ0) is 23.4. The Balaban J connectivity index is 1.51. The van der Waals surface area contributed by atoms with E-state index in [2.05, 4.69) is 10.2 Å². The number of methoxy groups -OCH3 is 1. The lowest BCUT2D eigenvalue weighted by Crippen LogP contribution is -2.37. The van der Waals surface area contributed by atoms with Gasteiger partial charge < -0.3 is 10.1 Å². The fraction of sp³-hybridized carbons (Fsp3) is 0.458. The Bertz CT molecular complexity index is 1080. The highest BCUT2D eigenvalue weighted by molar-refractivity contribution is 7.89. The molecule has 2 fully saturated rings. The van der Waals surface area contributed by atoms with Crippen molar-refractivity contribution >= 4 is 27.5 Å². The molecule has 2 aromatic carbocycles. The van der Waals surface area contributed by atoms with Gasteiger partial charge in [-0.1, -0.05) is 23.7 Å². The van der Waals surface area contributed by atoms with E-state index in [9.17, 15) is 13.2 Å². The highest BCUT2D eigenvalue weighted by Gasteiger charge is 2.30. The van der Waals surface area contributed by atoms with Crippen LogP contribution in [0.25, 0.3) is 0 Å². The highest BCUT2D eigenvalue weighted by Crippen LogP contribution is 2.29. The Labute approximate surface area is 200 Å². The molecule has 4 rings (SSSR count). The maximum absolute atomic E-state index is 13.0. The second-order valence-electron chi connectivity index (χ2n) is 8.50. The molecule has 0 aromatic heterocycles. The predicted molar refractivity (Wildman–Crippen MR) is 128 cm³/mol. The zero-order valence-corrected chi connectivity index (χ0v) is 20.4. The van der Waals surface area contributed by atoms with E-state index in [-0.39, 0.29) is 27.4 Å². The van der Waals surface area contributed by atoms with Crippen molar-refractivity contribution in [1.29, 1.82) is 0 Å². The van der Waals surface area contributed by atoms with Crippen molar-refractivity contribution in [3.63, 3.8) is 0 Å². The molecule has 0 bridgehead atoms. The fourth-order valence-electron chi connectivity index (χ4n) is 4.54. The lowest BCUT2D eigenvalue weighted by molar-refractivity contribution is 0.0937. The van der Waals surface area contributed by atoms with Crippen LogP contribution in [-0.2, 0) is 10.0 Å². The number of halogens is 1. The molecule has 178 valence electrons. The van der Waals surface area contributed by atoms with Gasteiger partial charge in [0.1, 0.15) is 10.6 Å². The van der Waals surface area contributed by atoms with Gasteiger partial charge in [-0.15, -0.1) is 0 Å². The minimum Gasteiger partial charge on any atom is -0.497 e. The van der Waals surface area contributed by atoms with Gasteiger partial charge in [-0.05, 0) is 74.7 Å². The van der Waals surface area contributed by atoms with E-state index in [1.54, 1.807) is 13.2 Å². The molecule has 33 heavy (non-hydrogen) atoms. The molecule has 1 N–H and O–H groups in total. The average Bonchev–Trinajstić information content (AvgIpc) is 3.55. The summed E-state index contributed by atoms with van der Waals surface area (Å²) >= 11 is 6.23. The number of likely N-dealkylation sites (tertiary alicyclic amines) is 1. The third-order valence-electron chi connectivity index (χ3n) is 6.41. The lowest BCUT2D eigenvalue weighted by atomic mass is 10.0. The van der Waals surface area contributed by atoms with Crippen LogP contribution in [0, 0.1) is 0 Å². The molecule has 2 saturated heterocycles. The number of nitrogens with zero attached hydrogens (tertiary/aromatic N) is 2. The number of rotatable bonds is 8. The standard InChI is InChI=1S/C24H30ClN3O4S/c1-32-20-9-6-18(7-10-20)22(27-12-2-3-13-27)17-26-24(29)19-8-11-21(25)23(16-19)33(30,31)28-14-4-5-15-28/h6-11,16,22H,2-5,12-15,17H2,1H3,(H,26,29)/t22-/m1/s1. The summed E-state index contributed by atoms with van der Waals surface area (Å²) in [5, 5.41) is 3.14. The summed E-state index contributed by atoms with van der Waals surface area (Å²) < 4.78 is 32.7. The van der Waals surface area contributed by atoms with Crippen LogP contribution in [0.5, 0.6) is 5.75 Å². The molecular formula is C24H30ClN3O4S. The molecule has 0 unspecified atom stereocenters. The second-order valence-corrected chi connectivity index (χ2v) is 10.8. The average molecular weight is 492 g/mol. The first-order valence-electron chi connectivity index (χ1n) is 11.4. The van der Waals surface area contributed by atoms with Crippen LogP contribution in [0.3, 0.4) is 0 Å². The van der Waals surface area contributed by atoms with Crippen LogP contribution < -0.4 is 10.1 Å². The van der Waals surface area contributed by atoms with Gasteiger partial charge in [-0.2, -0.15) is 4.31 Å². The number of hydrogen-bond donors (Lipinski definition) is 1. The molecule has 0 spiro atoms. The first kappa shape index (κ1) is 24.0. The quantitative estimate of drug-likeness (QED) is 0.609. The molecule has 0 aliphatic carbocycles. The van der Waals surface area contributed by atoms with Crippen LogP contribution in [-0.4, -0.2) is 63.4 Å². The number of hydrogen-bond acceptors (Lipinski definition) is 5. The summed E-state index contributed by atoms with van der Waals surface area (Å²) in [6.45, 7) is 3.34. The fourth-order valence-corrected chi connectivity index (χ4v) is 6.56. The monoisotopic (exact) mass is 491 g/mol. The summed E-state index contributed by atoms with van der Waals surface area (Å²) in [6.07, 6.45) is 3.94. The number of benzene rings is 2. The predicted octanol–water partition coefficient (Wildman–Crippen LogP) is 3.70. The van der Waals surface area contributed by atoms with Crippen molar-refractivity contribution in [3.05, 3.63) is 58.6 Å². The van der Waals surface area contributed by atoms with E-state index in [0.717, 1.165) is 50.1 Å². The van der Waals surface area contributed by atoms with Gasteiger partial charge in [0, 0.05) is 25.2 Å². The molecule has 1 amide bonds. The van der Waals surface area contributed by atoms with Crippen LogP contribution in [0.2, 0.25) is 5.02 Å². The van der Waals surface area contributed by atoms with Gasteiger partial charge in [0.25, 0.3) is 5.91 Å². The number of ether oxygens (including phenoxy) is 1. The van der Waals surface area contributed by atoms with Crippen molar-refractivity contribution in [2.45, 2.75) is 36.6 Å². The first-order valence-corrected chi connectivity index (χ1v) is 13.2. The lowest BCUT2D eigenvalue weighted by Gasteiger charge is -2.28. The van der Waals surface area contributed by atoms with E-state index in [4.69, 9.17) is 16.3 Å².